The molecular weight excluding hydrogens is 321 g/mol. The largest absolute Gasteiger partial charge is 0.439 e. The molecule has 0 radical (unpaired) electrons. The van der Waals surface area contributed by atoms with Crippen LogP contribution in [0.5, 0.6) is 0 Å². The van der Waals surface area contributed by atoms with E-state index in [1.165, 1.54) is 12.1 Å². The van der Waals surface area contributed by atoms with Crippen molar-refractivity contribution in [1.29, 1.82) is 0 Å². The molecule has 3 atom stereocenters. The van der Waals surface area contributed by atoms with E-state index in [4.69, 9.17) is 0 Å². The fraction of sp³-hybridized carbons (Fsp3) is 0.529. The van der Waals surface area contributed by atoms with E-state index in [2.05, 4.69) is 5.10 Å². The zero-order valence-corrected chi connectivity index (χ0v) is 13.5. The molecular formula is C17H19F3N2O2. The first-order valence-electron chi connectivity index (χ1n) is 7.95. The Kier molecular flexibility index (Phi) is 3.94. The van der Waals surface area contributed by atoms with E-state index in [1.807, 2.05) is 6.92 Å². The van der Waals surface area contributed by atoms with Crippen molar-refractivity contribution in [2.45, 2.75) is 45.0 Å². The number of halogens is 3. The summed E-state index contributed by atoms with van der Waals surface area (Å²) in [5, 5.41) is 14.7. The van der Waals surface area contributed by atoms with Gasteiger partial charge >= 0.3 is 6.18 Å². The van der Waals surface area contributed by atoms with Crippen molar-refractivity contribution in [3.8, 4) is 0 Å². The number of aliphatic hydroxyl groups is 1. The van der Waals surface area contributed by atoms with Gasteiger partial charge in [0, 0.05) is 11.3 Å². The number of alkyl halides is 3. The first kappa shape index (κ1) is 17.0. The maximum absolute atomic E-state index is 13.7. The highest BCUT2D eigenvalue weighted by atomic mass is 19.4. The Morgan fingerprint density at radius 1 is 1.29 bits per heavy atom. The van der Waals surface area contributed by atoms with Crippen LogP contribution in [-0.4, -0.2) is 33.6 Å². The molecule has 1 aliphatic heterocycles. The number of hydrogen-bond donors (Lipinski definition) is 1. The Labute approximate surface area is 138 Å². The molecule has 1 aliphatic carbocycles. The third-order valence-electron chi connectivity index (χ3n) is 4.92. The predicted molar refractivity (Wildman–Crippen MR) is 82.3 cm³/mol. The number of carbonyl (C=O) groups excluding carboxylic acids is 1. The van der Waals surface area contributed by atoms with Gasteiger partial charge in [-0.05, 0) is 37.8 Å². The highest BCUT2D eigenvalue weighted by Gasteiger charge is 2.69. The van der Waals surface area contributed by atoms with Crippen molar-refractivity contribution >= 4 is 11.6 Å². The van der Waals surface area contributed by atoms with E-state index in [0.717, 1.165) is 5.56 Å². The lowest BCUT2D eigenvalue weighted by Crippen LogP contribution is -2.61. The minimum atomic E-state index is -4.99. The molecule has 1 saturated carbocycles. The van der Waals surface area contributed by atoms with Gasteiger partial charge in [0.1, 0.15) is 0 Å². The first-order valence-corrected chi connectivity index (χ1v) is 7.95. The van der Waals surface area contributed by atoms with Crippen LogP contribution < -0.4 is 0 Å². The summed E-state index contributed by atoms with van der Waals surface area (Å²) < 4.78 is 41.1. The molecule has 24 heavy (non-hydrogen) atoms. The second-order valence-electron chi connectivity index (χ2n) is 6.62. The maximum Gasteiger partial charge on any atom is 0.439 e. The van der Waals surface area contributed by atoms with Gasteiger partial charge in [0.25, 0.3) is 11.6 Å². The standard InChI is InChI=1S/C17H19F3N2O2/c1-10-6-8-12(9-7-10)15(23)22-16(24,17(18,19)20)13-5-3-4-11(2)14(13)21-22/h6-9,11,13,24H,3-5H2,1-2H3/t11-,13-,16+/m1/s1. The van der Waals surface area contributed by atoms with Crippen LogP contribution in [0, 0.1) is 18.8 Å². The summed E-state index contributed by atoms with van der Waals surface area (Å²) in [6.45, 7) is 3.59. The summed E-state index contributed by atoms with van der Waals surface area (Å²) in [5.74, 6) is -2.33. The van der Waals surface area contributed by atoms with Crippen LogP contribution >= 0.6 is 0 Å². The lowest BCUT2D eigenvalue weighted by Gasteiger charge is -2.39. The number of rotatable bonds is 1. The number of benzene rings is 1. The molecule has 1 aromatic carbocycles. The van der Waals surface area contributed by atoms with Gasteiger partial charge in [-0.15, -0.1) is 0 Å². The molecule has 3 rings (SSSR count). The number of fused-ring (bicyclic) bond motifs is 1. The van der Waals surface area contributed by atoms with Crippen LogP contribution in [-0.2, 0) is 0 Å². The minimum absolute atomic E-state index is 0.0684. The average molecular weight is 340 g/mol. The van der Waals surface area contributed by atoms with Gasteiger partial charge in [0.2, 0.25) is 0 Å². The molecule has 7 heteroatoms. The number of amides is 1. The zero-order valence-electron chi connectivity index (χ0n) is 13.5. The number of carbonyl (C=O) groups is 1. The highest BCUT2D eigenvalue weighted by Crippen LogP contribution is 2.49. The van der Waals surface area contributed by atoms with Crippen LogP contribution in [0.3, 0.4) is 0 Å². The smallest absolute Gasteiger partial charge is 0.362 e. The van der Waals surface area contributed by atoms with E-state index in [-0.39, 0.29) is 28.6 Å². The summed E-state index contributed by atoms with van der Waals surface area (Å²) in [6.07, 6.45) is -3.55. The van der Waals surface area contributed by atoms with Crippen LogP contribution in [0.1, 0.15) is 42.1 Å². The molecule has 0 spiro atoms. The molecule has 0 unspecified atom stereocenters. The summed E-state index contributed by atoms with van der Waals surface area (Å²) in [7, 11) is 0. The van der Waals surface area contributed by atoms with Crippen LogP contribution in [0.4, 0.5) is 13.2 Å². The first-order chi connectivity index (χ1) is 11.2. The Balaban J connectivity index is 2.06. The number of hydrazone groups is 1. The lowest BCUT2D eigenvalue weighted by atomic mass is 9.75. The summed E-state index contributed by atoms with van der Waals surface area (Å²) >= 11 is 0. The van der Waals surface area contributed by atoms with E-state index in [0.29, 0.717) is 12.8 Å². The molecule has 1 heterocycles. The topological polar surface area (TPSA) is 52.9 Å². The van der Waals surface area contributed by atoms with Crippen molar-refractivity contribution < 1.29 is 23.1 Å². The van der Waals surface area contributed by atoms with Crippen molar-refractivity contribution in [3.05, 3.63) is 35.4 Å². The second kappa shape index (κ2) is 5.58. The van der Waals surface area contributed by atoms with Gasteiger partial charge in [0.15, 0.2) is 0 Å². The SMILES string of the molecule is Cc1ccc(C(=O)N2N=C3[C@H](C)CCC[C@H]3[C@]2(O)C(F)(F)F)cc1. The van der Waals surface area contributed by atoms with Crippen LogP contribution in [0.2, 0.25) is 0 Å². The maximum atomic E-state index is 13.7. The summed E-state index contributed by atoms with van der Waals surface area (Å²) in [6, 6.07) is 6.16. The van der Waals surface area contributed by atoms with E-state index in [9.17, 15) is 23.1 Å². The molecule has 0 bridgehead atoms. The van der Waals surface area contributed by atoms with Gasteiger partial charge < -0.3 is 5.11 Å². The van der Waals surface area contributed by atoms with Gasteiger partial charge in [-0.1, -0.05) is 31.0 Å². The predicted octanol–water partition coefficient (Wildman–Crippen LogP) is 3.49. The Morgan fingerprint density at radius 2 is 1.92 bits per heavy atom. The number of aryl methyl sites for hydroxylation is 1. The second-order valence-corrected chi connectivity index (χ2v) is 6.62. The molecule has 0 aromatic heterocycles. The zero-order chi connectivity index (χ0) is 17.7. The molecule has 1 amide bonds. The van der Waals surface area contributed by atoms with Crippen molar-refractivity contribution in [3.63, 3.8) is 0 Å². The molecule has 130 valence electrons. The van der Waals surface area contributed by atoms with Gasteiger partial charge in [-0.2, -0.15) is 23.3 Å². The van der Waals surface area contributed by atoms with Gasteiger partial charge in [0.05, 0.1) is 5.92 Å². The monoisotopic (exact) mass is 340 g/mol. The number of nitrogens with zero attached hydrogens (tertiary/aromatic N) is 2. The Bertz CT molecular complexity index is 684. The lowest BCUT2D eigenvalue weighted by molar-refractivity contribution is -0.312. The molecule has 2 aliphatic rings. The fourth-order valence-corrected chi connectivity index (χ4v) is 3.52. The molecule has 1 fully saturated rings. The van der Waals surface area contributed by atoms with E-state index in [1.54, 1.807) is 19.1 Å². The minimum Gasteiger partial charge on any atom is -0.362 e. The molecule has 4 nitrogen and oxygen atoms in total. The van der Waals surface area contributed by atoms with Crippen molar-refractivity contribution in [2.24, 2.45) is 16.9 Å². The normalized spacial score (nSPS) is 30.1. The molecule has 1 N–H and O–H groups in total. The fourth-order valence-electron chi connectivity index (χ4n) is 3.52. The van der Waals surface area contributed by atoms with Gasteiger partial charge in [-0.25, -0.2) is 0 Å². The summed E-state index contributed by atoms with van der Waals surface area (Å²) in [5.41, 5.74) is -2.06. The van der Waals surface area contributed by atoms with E-state index >= 15 is 0 Å². The number of hydrogen-bond acceptors (Lipinski definition) is 3. The summed E-state index contributed by atoms with van der Waals surface area (Å²) in [4.78, 5) is 12.6. The molecule has 0 saturated heterocycles. The highest BCUT2D eigenvalue weighted by molar-refractivity contribution is 6.00. The van der Waals surface area contributed by atoms with Gasteiger partial charge in [-0.3, -0.25) is 4.79 Å². The van der Waals surface area contributed by atoms with Crippen molar-refractivity contribution in [1.82, 2.24) is 5.01 Å². The van der Waals surface area contributed by atoms with Crippen LogP contribution in [0.15, 0.2) is 29.4 Å². The quantitative estimate of drug-likeness (QED) is 0.851. The Morgan fingerprint density at radius 3 is 2.50 bits per heavy atom. The van der Waals surface area contributed by atoms with E-state index < -0.39 is 23.7 Å². The third kappa shape index (κ3) is 2.42. The Hall–Kier alpha value is -1.89. The van der Waals surface area contributed by atoms with Crippen LogP contribution in [0.25, 0.3) is 0 Å². The molecule has 1 aromatic rings. The average Bonchev–Trinajstić information content (AvgIpc) is 2.83. The van der Waals surface area contributed by atoms with Crippen molar-refractivity contribution in [2.75, 3.05) is 0 Å². The third-order valence-corrected chi connectivity index (χ3v) is 4.92.